The van der Waals surface area contributed by atoms with Crippen molar-refractivity contribution in [3.63, 3.8) is 0 Å². The smallest absolute Gasteiger partial charge is 0.337 e. The first-order valence-electron chi connectivity index (χ1n) is 6.49. The number of amides is 1. The number of nitrogens with zero attached hydrogens (tertiary/aromatic N) is 2. The summed E-state index contributed by atoms with van der Waals surface area (Å²) in [5.41, 5.74) is 1.26. The number of esters is 1. The zero-order valence-electron chi connectivity index (χ0n) is 12.4. The van der Waals surface area contributed by atoms with Gasteiger partial charge < -0.3 is 9.64 Å². The Morgan fingerprint density at radius 1 is 1.38 bits per heavy atom. The SMILES string of the molecule is COC(=O)c1ccc(/C=C\C(=O)N(C)C[C@H](C)C#N)cc1. The summed E-state index contributed by atoms with van der Waals surface area (Å²) in [7, 11) is 2.98. The molecule has 0 aliphatic carbocycles. The molecule has 1 amide bonds. The number of hydrogen-bond donors (Lipinski definition) is 0. The van der Waals surface area contributed by atoms with E-state index in [2.05, 4.69) is 10.8 Å². The summed E-state index contributed by atoms with van der Waals surface area (Å²) in [5.74, 6) is -0.771. The Bertz CT molecular complexity index is 570. The van der Waals surface area contributed by atoms with E-state index < -0.39 is 5.97 Å². The second kappa shape index (κ2) is 7.85. The lowest BCUT2D eigenvalue weighted by Crippen LogP contribution is -2.29. The standard InChI is InChI=1S/C16H18N2O3/c1-12(10-17)11-18(2)15(19)9-6-13-4-7-14(8-5-13)16(20)21-3/h4-9,12H,11H2,1-3H3/b9-6-/t12-/m1/s1. The molecular weight excluding hydrogens is 268 g/mol. The van der Waals surface area contributed by atoms with Crippen molar-refractivity contribution in [3.05, 3.63) is 41.5 Å². The molecule has 5 nitrogen and oxygen atoms in total. The highest BCUT2D eigenvalue weighted by Gasteiger charge is 2.09. The fraction of sp³-hybridized carbons (Fsp3) is 0.312. The summed E-state index contributed by atoms with van der Waals surface area (Å²) in [6.07, 6.45) is 3.11. The maximum absolute atomic E-state index is 11.8. The van der Waals surface area contributed by atoms with Crippen LogP contribution in [0.2, 0.25) is 0 Å². The Labute approximate surface area is 124 Å². The molecular formula is C16H18N2O3. The third-order valence-corrected chi connectivity index (χ3v) is 2.89. The van der Waals surface area contributed by atoms with E-state index in [4.69, 9.17) is 5.26 Å². The summed E-state index contributed by atoms with van der Waals surface area (Å²) in [6.45, 7) is 2.15. The number of carbonyl (C=O) groups excluding carboxylic acids is 2. The van der Waals surface area contributed by atoms with E-state index in [9.17, 15) is 9.59 Å². The van der Waals surface area contributed by atoms with Crippen molar-refractivity contribution in [1.82, 2.24) is 4.90 Å². The van der Waals surface area contributed by atoms with Crippen LogP contribution in [0.5, 0.6) is 0 Å². The Morgan fingerprint density at radius 2 is 2.00 bits per heavy atom. The minimum absolute atomic E-state index is 0.172. The van der Waals surface area contributed by atoms with Gasteiger partial charge in [-0.25, -0.2) is 4.79 Å². The molecule has 21 heavy (non-hydrogen) atoms. The Balaban J connectivity index is 2.66. The van der Waals surface area contributed by atoms with Gasteiger partial charge in [0.25, 0.3) is 0 Å². The Hall–Kier alpha value is -2.61. The van der Waals surface area contributed by atoms with Crippen LogP contribution in [-0.2, 0) is 9.53 Å². The Morgan fingerprint density at radius 3 is 2.52 bits per heavy atom. The highest BCUT2D eigenvalue weighted by Crippen LogP contribution is 2.08. The zero-order chi connectivity index (χ0) is 15.8. The van der Waals surface area contributed by atoms with Crippen LogP contribution < -0.4 is 0 Å². The highest BCUT2D eigenvalue weighted by atomic mass is 16.5. The minimum atomic E-state index is -0.396. The van der Waals surface area contributed by atoms with Crippen molar-refractivity contribution < 1.29 is 14.3 Å². The van der Waals surface area contributed by atoms with Gasteiger partial charge in [-0.3, -0.25) is 4.79 Å². The maximum Gasteiger partial charge on any atom is 0.337 e. The number of hydrogen-bond acceptors (Lipinski definition) is 4. The van der Waals surface area contributed by atoms with Crippen molar-refractivity contribution in [2.24, 2.45) is 5.92 Å². The van der Waals surface area contributed by atoms with E-state index in [-0.39, 0.29) is 11.8 Å². The first kappa shape index (κ1) is 16.4. The van der Waals surface area contributed by atoms with Crippen LogP contribution in [0.25, 0.3) is 6.08 Å². The largest absolute Gasteiger partial charge is 0.465 e. The number of rotatable bonds is 5. The van der Waals surface area contributed by atoms with Crippen LogP contribution in [0.4, 0.5) is 0 Å². The second-order valence-electron chi connectivity index (χ2n) is 4.70. The molecule has 0 fully saturated rings. The first-order chi connectivity index (χ1) is 9.97. The molecule has 5 heteroatoms. The molecule has 0 aliphatic heterocycles. The maximum atomic E-state index is 11.8. The van der Waals surface area contributed by atoms with E-state index in [1.165, 1.54) is 18.1 Å². The number of nitriles is 1. The first-order valence-corrected chi connectivity index (χ1v) is 6.49. The molecule has 0 unspecified atom stereocenters. The second-order valence-corrected chi connectivity index (χ2v) is 4.70. The van der Waals surface area contributed by atoms with Crippen LogP contribution >= 0.6 is 0 Å². The molecule has 0 N–H and O–H groups in total. The van der Waals surface area contributed by atoms with E-state index in [1.807, 2.05) is 0 Å². The number of methoxy groups -OCH3 is 1. The summed E-state index contributed by atoms with van der Waals surface area (Å²) in [5, 5.41) is 8.72. The summed E-state index contributed by atoms with van der Waals surface area (Å²) < 4.78 is 4.61. The normalized spacial score (nSPS) is 11.7. The predicted molar refractivity (Wildman–Crippen MR) is 79.2 cm³/mol. The van der Waals surface area contributed by atoms with Gasteiger partial charge in [0.2, 0.25) is 5.91 Å². The topological polar surface area (TPSA) is 70.4 Å². The molecule has 0 aliphatic rings. The van der Waals surface area contributed by atoms with Crippen molar-refractivity contribution in [1.29, 1.82) is 5.26 Å². The summed E-state index contributed by atoms with van der Waals surface area (Å²) >= 11 is 0. The predicted octanol–water partition coefficient (Wildman–Crippen LogP) is 2.10. The lowest BCUT2D eigenvalue weighted by Gasteiger charge is -2.15. The molecule has 0 heterocycles. The lowest BCUT2D eigenvalue weighted by atomic mass is 10.1. The van der Waals surface area contributed by atoms with Gasteiger partial charge >= 0.3 is 5.97 Å². The van der Waals surface area contributed by atoms with Gasteiger partial charge in [0.15, 0.2) is 0 Å². The average molecular weight is 286 g/mol. The third kappa shape index (κ3) is 5.11. The number of benzene rings is 1. The molecule has 0 aromatic heterocycles. The van der Waals surface area contributed by atoms with Gasteiger partial charge in [0.05, 0.1) is 24.7 Å². The zero-order valence-corrected chi connectivity index (χ0v) is 12.4. The molecule has 0 saturated heterocycles. The van der Waals surface area contributed by atoms with Crippen LogP contribution in [-0.4, -0.2) is 37.5 Å². The van der Waals surface area contributed by atoms with Gasteiger partial charge in [-0.2, -0.15) is 5.26 Å². The molecule has 1 aromatic rings. The molecule has 1 rings (SSSR count). The fourth-order valence-electron chi connectivity index (χ4n) is 1.68. The number of ether oxygens (including phenoxy) is 1. The average Bonchev–Trinajstić information content (AvgIpc) is 2.51. The van der Waals surface area contributed by atoms with Gasteiger partial charge in [-0.05, 0) is 30.7 Å². The number of likely N-dealkylation sites (N-methyl/N-ethyl adjacent to an activating group) is 1. The molecule has 1 atom stereocenters. The van der Waals surface area contributed by atoms with Crippen molar-refractivity contribution in [2.75, 3.05) is 20.7 Å². The van der Waals surface area contributed by atoms with E-state index in [0.717, 1.165) is 5.56 Å². The lowest BCUT2D eigenvalue weighted by molar-refractivity contribution is -0.125. The fourth-order valence-corrected chi connectivity index (χ4v) is 1.68. The molecule has 0 saturated carbocycles. The van der Waals surface area contributed by atoms with E-state index in [1.54, 1.807) is 44.3 Å². The third-order valence-electron chi connectivity index (χ3n) is 2.89. The summed E-state index contributed by atoms with van der Waals surface area (Å²) in [6, 6.07) is 8.82. The quantitative estimate of drug-likeness (QED) is 0.614. The van der Waals surface area contributed by atoms with Gasteiger partial charge in [0, 0.05) is 19.7 Å². The van der Waals surface area contributed by atoms with Gasteiger partial charge in [-0.15, -0.1) is 0 Å². The van der Waals surface area contributed by atoms with Crippen LogP contribution in [0.3, 0.4) is 0 Å². The van der Waals surface area contributed by atoms with Crippen LogP contribution in [0, 0.1) is 17.2 Å². The van der Waals surface area contributed by atoms with Crippen LogP contribution in [0.15, 0.2) is 30.3 Å². The highest BCUT2D eigenvalue weighted by molar-refractivity contribution is 5.92. The van der Waals surface area contributed by atoms with Gasteiger partial charge in [-0.1, -0.05) is 12.1 Å². The molecule has 0 radical (unpaired) electrons. The summed E-state index contributed by atoms with van der Waals surface area (Å²) in [4.78, 5) is 24.6. The monoisotopic (exact) mass is 286 g/mol. The minimum Gasteiger partial charge on any atom is -0.465 e. The van der Waals surface area contributed by atoms with E-state index >= 15 is 0 Å². The molecule has 0 bridgehead atoms. The van der Waals surface area contributed by atoms with Crippen molar-refractivity contribution in [3.8, 4) is 6.07 Å². The number of carbonyl (C=O) groups is 2. The Kier molecular flexibility index (Phi) is 6.15. The molecule has 0 spiro atoms. The van der Waals surface area contributed by atoms with E-state index in [0.29, 0.717) is 12.1 Å². The molecule has 1 aromatic carbocycles. The van der Waals surface area contributed by atoms with Crippen LogP contribution in [0.1, 0.15) is 22.8 Å². The van der Waals surface area contributed by atoms with Crippen molar-refractivity contribution >= 4 is 18.0 Å². The van der Waals surface area contributed by atoms with Crippen molar-refractivity contribution in [2.45, 2.75) is 6.92 Å². The van der Waals surface area contributed by atoms with Gasteiger partial charge in [0.1, 0.15) is 0 Å². The molecule has 110 valence electrons.